The van der Waals surface area contributed by atoms with E-state index < -0.39 is 5.97 Å². The molecule has 1 heterocycles. The molecule has 0 atom stereocenters. The maximum absolute atomic E-state index is 12.2. The van der Waals surface area contributed by atoms with Crippen molar-refractivity contribution in [3.8, 4) is 17.2 Å². The highest BCUT2D eigenvalue weighted by Gasteiger charge is 2.25. The molecule has 2 aromatic rings. The third-order valence-corrected chi connectivity index (χ3v) is 4.66. The SMILES string of the molecule is COc1cc(/C=C2/N=C(c3ccccc3I)OC2=O)cc(OC)c1OC. The summed E-state index contributed by atoms with van der Waals surface area (Å²) in [5, 5.41) is 0. The van der Waals surface area contributed by atoms with Gasteiger partial charge in [0, 0.05) is 3.57 Å². The number of esters is 1. The van der Waals surface area contributed by atoms with E-state index in [1.807, 2.05) is 24.3 Å². The van der Waals surface area contributed by atoms with Gasteiger partial charge in [-0.1, -0.05) is 12.1 Å². The first-order valence-electron chi connectivity index (χ1n) is 7.65. The first kappa shape index (κ1) is 18.2. The van der Waals surface area contributed by atoms with E-state index in [1.54, 1.807) is 18.2 Å². The maximum Gasteiger partial charge on any atom is 0.363 e. The lowest BCUT2D eigenvalue weighted by atomic mass is 10.1. The van der Waals surface area contributed by atoms with Crippen LogP contribution in [0.2, 0.25) is 0 Å². The van der Waals surface area contributed by atoms with Crippen molar-refractivity contribution >= 4 is 40.5 Å². The lowest BCUT2D eigenvalue weighted by Crippen LogP contribution is -2.06. The number of methoxy groups -OCH3 is 3. The largest absolute Gasteiger partial charge is 0.493 e. The monoisotopic (exact) mass is 465 g/mol. The van der Waals surface area contributed by atoms with Crippen molar-refractivity contribution in [3.05, 3.63) is 56.8 Å². The molecule has 134 valence electrons. The van der Waals surface area contributed by atoms with Crippen molar-refractivity contribution in [2.24, 2.45) is 4.99 Å². The molecule has 0 unspecified atom stereocenters. The maximum atomic E-state index is 12.2. The molecular weight excluding hydrogens is 449 g/mol. The summed E-state index contributed by atoms with van der Waals surface area (Å²) in [7, 11) is 4.60. The summed E-state index contributed by atoms with van der Waals surface area (Å²) < 4.78 is 22.2. The molecule has 0 saturated carbocycles. The molecule has 1 aliphatic rings. The minimum atomic E-state index is -0.506. The van der Waals surface area contributed by atoms with Gasteiger partial charge in [-0.25, -0.2) is 9.79 Å². The zero-order chi connectivity index (χ0) is 18.7. The molecule has 0 spiro atoms. The molecule has 26 heavy (non-hydrogen) atoms. The predicted molar refractivity (Wildman–Crippen MR) is 106 cm³/mol. The van der Waals surface area contributed by atoms with Gasteiger partial charge >= 0.3 is 5.97 Å². The Morgan fingerprint density at radius 1 is 1.04 bits per heavy atom. The summed E-state index contributed by atoms with van der Waals surface area (Å²) in [6.45, 7) is 0. The van der Waals surface area contributed by atoms with Crippen molar-refractivity contribution in [3.63, 3.8) is 0 Å². The van der Waals surface area contributed by atoms with Gasteiger partial charge in [0.1, 0.15) is 0 Å². The van der Waals surface area contributed by atoms with Crippen LogP contribution in [0.5, 0.6) is 17.2 Å². The molecule has 0 fully saturated rings. The summed E-state index contributed by atoms with van der Waals surface area (Å²) in [5.74, 6) is 1.25. The van der Waals surface area contributed by atoms with Gasteiger partial charge in [0.05, 0.1) is 26.9 Å². The van der Waals surface area contributed by atoms with Crippen molar-refractivity contribution in [1.82, 2.24) is 0 Å². The number of aliphatic imine (C=N–C) groups is 1. The van der Waals surface area contributed by atoms with Gasteiger partial charge in [-0.3, -0.25) is 0 Å². The Balaban J connectivity index is 2.02. The minimum absolute atomic E-state index is 0.203. The van der Waals surface area contributed by atoms with Gasteiger partial charge < -0.3 is 18.9 Å². The van der Waals surface area contributed by atoms with E-state index in [1.165, 1.54) is 21.3 Å². The van der Waals surface area contributed by atoms with Crippen LogP contribution in [-0.4, -0.2) is 33.2 Å². The van der Waals surface area contributed by atoms with Crippen LogP contribution in [0.1, 0.15) is 11.1 Å². The zero-order valence-electron chi connectivity index (χ0n) is 14.4. The summed E-state index contributed by atoms with van der Waals surface area (Å²) in [5.41, 5.74) is 1.66. The van der Waals surface area contributed by atoms with Gasteiger partial charge in [0.25, 0.3) is 0 Å². The van der Waals surface area contributed by atoms with Gasteiger partial charge in [0.15, 0.2) is 17.2 Å². The molecule has 0 aromatic heterocycles. The van der Waals surface area contributed by atoms with Gasteiger partial charge in [-0.2, -0.15) is 0 Å². The quantitative estimate of drug-likeness (QED) is 0.383. The Morgan fingerprint density at radius 3 is 2.27 bits per heavy atom. The Labute approximate surface area is 164 Å². The molecule has 2 aromatic carbocycles. The number of ether oxygens (including phenoxy) is 4. The third-order valence-electron chi connectivity index (χ3n) is 3.72. The number of carbonyl (C=O) groups is 1. The number of halogens is 1. The van der Waals surface area contributed by atoms with E-state index in [4.69, 9.17) is 18.9 Å². The van der Waals surface area contributed by atoms with Crippen molar-refractivity contribution in [1.29, 1.82) is 0 Å². The van der Waals surface area contributed by atoms with E-state index in [-0.39, 0.29) is 5.70 Å². The standard InChI is InChI=1S/C19H16INO5/c1-23-15-9-11(10-16(24-2)17(15)25-3)8-14-19(22)26-18(21-14)12-6-4-5-7-13(12)20/h4-10H,1-3H3/b14-8+. The molecule has 0 amide bonds. The Bertz CT molecular complexity index is 895. The van der Waals surface area contributed by atoms with Crippen LogP contribution >= 0.6 is 22.6 Å². The van der Waals surface area contributed by atoms with Crippen LogP contribution < -0.4 is 14.2 Å². The van der Waals surface area contributed by atoms with Crippen LogP contribution in [0.15, 0.2) is 47.1 Å². The second kappa shape index (κ2) is 7.77. The smallest absolute Gasteiger partial charge is 0.363 e. The van der Waals surface area contributed by atoms with Gasteiger partial charge in [0.2, 0.25) is 11.6 Å². The van der Waals surface area contributed by atoms with E-state index in [0.29, 0.717) is 28.7 Å². The molecule has 3 rings (SSSR count). The second-order valence-electron chi connectivity index (χ2n) is 5.27. The molecule has 0 saturated heterocycles. The number of benzene rings is 2. The molecule has 6 nitrogen and oxygen atoms in total. The van der Waals surface area contributed by atoms with Crippen LogP contribution in [0.25, 0.3) is 6.08 Å². The summed E-state index contributed by atoms with van der Waals surface area (Å²) in [6.07, 6.45) is 1.62. The number of rotatable bonds is 5. The summed E-state index contributed by atoms with van der Waals surface area (Å²) in [6, 6.07) is 11.0. The lowest BCUT2D eigenvalue weighted by molar-refractivity contribution is -0.129. The third kappa shape index (κ3) is 3.52. The van der Waals surface area contributed by atoms with Gasteiger partial charge in [-0.15, -0.1) is 0 Å². The van der Waals surface area contributed by atoms with Crippen LogP contribution in [0, 0.1) is 3.57 Å². The topological polar surface area (TPSA) is 66.4 Å². The lowest BCUT2D eigenvalue weighted by Gasteiger charge is -2.12. The average molecular weight is 465 g/mol. The van der Waals surface area contributed by atoms with Crippen molar-refractivity contribution in [2.75, 3.05) is 21.3 Å². The highest BCUT2D eigenvalue weighted by molar-refractivity contribution is 14.1. The first-order chi connectivity index (χ1) is 12.6. The Hall–Kier alpha value is -2.55. The summed E-state index contributed by atoms with van der Waals surface area (Å²) >= 11 is 2.18. The van der Waals surface area contributed by atoms with E-state index in [0.717, 1.165) is 9.13 Å². The number of nitrogens with zero attached hydrogens (tertiary/aromatic N) is 1. The molecule has 1 aliphatic heterocycles. The van der Waals surface area contributed by atoms with Crippen LogP contribution in [0.3, 0.4) is 0 Å². The van der Waals surface area contributed by atoms with E-state index >= 15 is 0 Å². The van der Waals surface area contributed by atoms with Gasteiger partial charge in [-0.05, 0) is 58.5 Å². The molecule has 7 heteroatoms. The Morgan fingerprint density at radius 2 is 1.69 bits per heavy atom. The predicted octanol–water partition coefficient (Wildman–Crippen LogP) is 3.66. The number of cyclic esters (lactones) is 1. The molecule has 0 radical (unpaired) electrons. The molecule has 0 aliphatic carbocycles. The molecular formula is C19H16INO5. The number of carbonyl (C=O) groups excluding carboxylic acids is 1. The van der Waals surface area contributed by atoms with E-state index in [9.17, 15) is 4.79 Å². The van der Waals surface area contributed by atoms with E-state index in [2.05, 4.69) is 27.6 Å². The van der Waals surface area contributed by atoms with Crippen LogP contribution in [0.4, 0.5) is 0 Å². The Kier molecular flexibility index (Phi) is 5.46. The fourth-order valence-corrected chi connectivity index (χ4v) is 3.12. The van der Waals surface area contributed by atoms with Crippen LogP contribution in [-0.2, 0) is 9.53 Å². The second-order valence-corrected chi connectivity index (χ2v) is 6.44. The fourth-order valence-electron chi connectivity index (χ4n) is 2.50. The molecule has 0 bridgehead atoms. The zero-order valence-corrected chi connectivity index (χ0v) is 16.6. The molecule has 0 N–H and O–H groups in total. The fraction of sp³-hybridized carbons (Fsp3) is 0.158. The van der Waals surface area contributed by atoms with Crippen molar-refractivity contribution in [2.45, 2.75) is 0 Å². The van der Waals surface area contributed by atoms with Crippen molar-refractivity contribution < 1.29 is 23.7 Å². The number of hydrogen-bond donors (Lipinski definition) is 0. The highest BCUT2D eigenvalue weighted by atomic mass is 127. The highest BCUT2D eigenvalue weighted by Crippen LogP contribution is 2.39. The normalized spacial score (nSPS) is 14.8. The average Bonchev–Trinajstić information content (AvgIpc) is 3.01. The minimum Gasteiger partial charge on any atom is -0.493 e. The summed E-state index contributed by atoms with van der Waals surface area (Å²) in [4.78, 5) is 16.5. The number of hydrogen-bond acceptors (Lipinski definition) is 6. The first-order valence-corrected chi connectivity index (χ1v) is 8.72.